The minimum atomic E-state index is -0.302. The van der Waals surface area contributed by atoms with Gasteiger partial charge in [-0.25, -0.2) is 4.39 Å². The molecule has 0 radical (unpaired) electrons. The van der Waals surface area contributed by atoms with Crippen LogP contribution in [0.1, 0.15) is 28.1 Å². The first-order chi connectivity index (χ1) is 10.6. The lowest BCUT2D eigenvalue weighted by Crippen LogP contribution is -2.21. The fraction of sp³-hybridized carbons (Fsp3) is 0.250. The number of benzene rings is 1. The van der Waals surface area contributed by atoms with Crippen LogP contribution >= 0.6 is 11.3 Å². The molecule has 0 spiro atoms. The molecule has 1 saturated carbocycles. The van der Waals surface area contributed by atoms with Crippen LogP contribution in [-0.2, 0) is 11.3 Å². The van der Waals surface area contributed by atoms with Gasteiger partial charge in [-0.3, -0.25) is 9.59 Å². The van der Waals surface area contributed by atoms with Crippen molar-refractivity contribution in [2.75, 3.05) is 5.32 Å². The van der Waals surface area contributed by atoms with Gasteiger partial charge >= 0.3 is 0 Å². The second-order valence-corrected chi connectivity index (χ2v) is 6.32. The summed E-state index contributed by atoms with van der Waals surface area (Å²) >= 11 is 1.25. The highest BCUT2D eigenvalue weighted by Crippen LogP contribution is 2.31. The average Bonchev–Trinajstić information content (AvgIpc) is 3.27. The Hall–Kier alpha value is -2.21. The van der Waals surface area contributed by atoms with E-state index in [9.17, 15) is 14.0 Å². The largest absolute Gasteiger partial charge is 0.347 e. The molecule has 1 aromatic heterocycles. The third-order valence-electron chi connectivity index (χ3n) is 3.39. The first kappa shape index (κ1) is 14.7. The average molecular weight is 318 g/mol. The summed E-state index contributed by atoms with van der Waals surface area (Å²) in [5.74, 6) is -0.344. The maximum absolute atomic E-state index is 12.8. The van der Waals surface area contributed by atoms with Gasteiger partial charge in [0.25, 0.3) is 5.91 Å². The Balaban J connectivity index is 1.54. The minimum Gasteiger partial charge on any atom is -0.347 e. The molecule has 0 aliphatic heterocycles. The van der Waals surface area contributed by atoms with E-state index in [1.54, 1.807) is 24.3 Å². The molecule has 1 aliphatic rings. The number of halogens is 1. The molecule has 0 atom stereocenters. The molecule has 3 rings (SSSR count). The summed E-state index contributed by atoms with van der Waals surface area (Å²) in [5.41, 5.74) is 0.827. The molecule has 114 valence electrons. The minimum absolute atomic E-state index is 0.0279. The number of nitrogens with one attached hydrogen (secondary N) is 2. The maximum Gasteiger partial charge on any atom is 0.261 e. The molecule has 2 aromatic rings. The lowest BCUT2D eigenvalue weighted by Gasteiger charge is -2.03. The van der Waals surface area contributed by atoms with Gasteiger partial charge in [0.1, 0.15) is 5.82 Å². The van der Waals surface area contributed by atoms with E-state index in [1.165, 1.54) is 23.5 Å². The summed E-state index contributed by atoms with van der Waals surface area (Å²) < 4.78 is 12.8. The molecule has 1 aliphatic carbocycles. The predicted molar refractivity (Wildman–Crippen MR) is 83.2 cm³/mol. The van der Waals surface area contributed by atoms with Crippen LogP contribution in [-0.4, -0.2) is 11.8 Å². The van der Waals surface area contributed by atoms with E-state index < -0.39 is 0 Å². The van der Waals surface area contributed by atoms with E-state index in [0.717, 1.165) is 18.4 Å². The first-order valence-corrected chi connectivity index (χ1v) is 7.87. The zero-order valence-corrected chi connectivity index (χ0v) is 12.6. The maximum atomic E-state index is 12.8. The van der Waals surface area contributed by atoms with Gasteiger partial charge in [-0.1, -0.05) is 12.1 Å². The number of carbonyl (C=O) groups excluding carboxylic acids is 2. The van der Waals surface area contributed by atoms with Gasteiger partial charge in [-0.15, -0.1) is 11.3 Å². The normalized spacial score (nSPS) is 13.7. The van der Waals surface area contributed by atoms with E-state index in [-0.39, 0.29) is 23.5 Å². The summed E-state index contributed by atoms with van der Waals surface area (Å²) in [6.45, 7) is 0.334. The molecule has 0 saturated heterocycles. The summed E-state index contributed by atoms with van der Waals surface area (Å²) in [6.07, 6.45) is 1.89. The lowest BCUT2D eigenvalue weighted by atomic mass is 10.2. The number of hydrogen-bond acceptors (Lipinski definition) is 3. The predicted octanol–water partition coefficient (Wildman–Crippen LogP) is 3.17. The Morgan fingerprint density at radius 3 is 2.55 bits per heavy atom. The zero-order valence-electron chi connectivity index (χ0n) is 11.8. The van der Waals surface area contributed by atoms with Gasteiger partial charge in [0.15, 0.2) is 0 Å². The van der Waals surface area contributed by atoms with Crippen molar-refractivity contribution in [3.63, 3.8) is 0 Å². The Labute approximate surface area is 131 Å². The van der Waals surface area contributed by atoms with Crippen LogP contribution in [0.25, 0.3) is 0 Å². The van der Waals surface area contributed by atoms with Gasteiger partial charge < -0.3 is 10.6 Å². The molecule has 0 bridgehead atoms. The Bertz CT molecular complexity index is 692. The van der Waals surface area contributed by atoms with Crippen LogP contribution in [0, 0.1) is 11.7 Å². The quantitative estimate of drug-likeness (QED) is 0.889. The number of rotatable bonds is 5. The SMILES string of the molecule is O=C(NCc1ccc(F)cc1)c1ccc(NC(=O)C2CC2)s1. The molecule has 4 nitrogen and oxygen atoms in total. The molecule has 1 aromatic carbocycles. The molecule has 2 N–H and O–H groups in total. The summed E-state index contributed by atoms with van der Waals surface area (Å²) in [4.78, 5) is 24.2. The Morgan fingerprint density at radius 2 is 1.86 bits per heavy atom. The van der Waals surface area contributed by atoms with Gasteiger partial charge in [0.05, 0.1) is 9.88 Å². The van der Waals surface area contributed by atoms with Crippen molar-refractivity contribution in [1.29, 1.82) is 0 Å². The molecule has 22 heavy (non-hydrogen) atoms. The molecular formula is C16H15FN2O2S. The van der Waals surface area contributed by atoms with E-state index >= 15 is 0 Å². The second kappa shape index (κ2) is 6.27. The zero-order chi connectivity index (χ0) is 15.5. The molecule has 1 heterocycles. The van der Waals surface area contributed by atoms with Crippen LogP contribution in [0.15, 0.2) is 36.4 Å². The van der Waals surface area contributed by atoms with E-state index in [2.05, 4.69) is 10.6 Å². The van der Waals surface area contributed by atoms with Crippen LogP contribution in [0.2, 0.25) is 0 Å². The van der Waals surface area contributed by atoms with Crippen molar-refractivity contribution >= 4 is 28.2 Å². The van der Waals surface area contributed by atoms with Crippen molar-refractivity contribution in [3.05, 3.63) is 52.7 Å². The highest BCUT2D eigenvalue weighted by atomic mass is 32.1. The van der Waals surface area contributed by atoms with Gasteiger partial charge in [0, 0.05) is 12.5 Å². The number of hydrogen-bond donors (Lipinski definition) is 2. The summed E-state index contributed by atoms with van der Waals surface area (Å²) in [6, 6.07) is 9.40. The number of amides is 2. The van der Waals surface area contributed by atoms with Gasteiger partial charge in [-0.05, 0) is 42.7 Å². The van der Waals surface area contributed by atoms with Crippen LogP contribution < -0.4 is 10.6 Å². The number of anilines is 1. The third kappa shape index (κ3) is 3.71. The monoisotopic (exact) mass is 318 g/mol. The standard InChI is InChI=1S/C16H15FN2O2S/c17-12-5-1-10(2-6-12)9-18-16(21)13-7-8-14(22-13)19-15(20)11-3-4-11/h1-2,5-8,11H,3-4,9H2,(H,18,21)(H,19,20). The van der Waals surface area contributed by atoms with Crippen LogP contribution in [0.5, 0.6) is 0 Å². The first-order valence-electron chi connectivity index (χ1n) is 7.05. The lowest BCUT2D eigenvalue weighted by molar-refractivity contribution is -0.117. The van der Waals surface area contributed by atoms with Crippen molar-refractivity contribution in [1.82, 2.24) is 5.32 Å². The van der Waals surface area contributed by atoms with Crippen LogP contribution in [0.4, 0.5) is 9.39 Å². The van der Waals surface area contributed by atoms with Crippen molar-refractivity contribution in [2.45, 2.75) is 19.4 Å². The summed E-state index contributed by atoms with van der Waals surface area (Å²) in [5, 5.41) is 6.27. The second-order valence-electron chi connectivity index (χ2n) is 5.24. The van der Waals surface area contributed by atoms with E-state index in [0.29, 0.717) is 16.4 Å². The van der Waals surface area contributed by atoms with Crippen LogP contribution in [0.3, 0.4) is 0 Å². The van der Waals surface area contributed by atoms with Crippen molar-refractivity contribution < 1.29 is 14.0 Å². The molecule has 1 fully saturated rings. The summed E-state index contributed by atoms with van der Waals surface area (Å²) in [7, 11) is 0. The Morgan fingerprint density at radius 1 is 1.14 bits per heavy atom. The smallest absolute Gasteiger partial charge is 0.261 e. The number of carbonyl (C=O) groups is 2. The van der Waals surface area contributed by atoms with Gasteiger partial charge in [-0.2, -0.15) is 0 Å². The topological polar surface area (TPSA) is 58.2 Å². The molecule has 0 unspecified atom stereocenters. The van der Waals surface area contributed by atoms with E-state index in [1.807, 2.05) is 0 Å². The number of thiophene rings is 1. The fourth-order valence-corrected chi connectivity index (χ4v) is 2.79. The van der Waals surface area contributed by atoms with Crippen molar-refractivity contribution in [2.24, 2.45) is 5.92 Å². The molecular weight excluding hydrogens is 303 g/mol. The third-order valence-corrected chi connectivity index (χ3v) is 4.39. The molecule has 6 heteroatoms. The Kier molecular flexibility index (Phi) is 4.20. The fourth-order valence-electron chi connectivity index (χ4n) is 1.97. The molecule has 2 amide bonds. The van der Waals surface area contributed by atoms with Crippen molar-refractivity contribution in [3.8, 4) is 0 Å². The highest BCUT2D eigenvalue weighted by molar-refractivity contribution is 7.18. The van der Waals surface area contributed by atoms with E-state index in [4.69, 9.17) is 0 Å². The highest BCUT2D eigenvalue weighted by Gasteiger charge is 2.29. The van der Waals surface area contributed by atoms with Gasteiger partial charge in [0.2, 0.25) is 5.91 Å².